The first-order valence-electron chi connectivity index (χ1n) is 4.22. The first-order chi connectivity index (χ1) is 6.99. The molecular formula is C9H13N5O. The van der Waals surface area contributed by atoms with E-state index in [4.69, 9.17) is 17.2 Å². The van der Waals surface area contributed by atoms with Crippen LogP contribution in [0.5, 0.6) is 5.75 Å². The molecule has 0 bridgehead atoms. The molecule has 0 aliphatic rings. The Bertz CT molecular complexity index is 421. The largest absolute Gasteiger partial charge is 0.506 e. The Morgan fingerprint density at radius 3 is 2.53 bits per heavy atom. The van der Waals surface area contributed by atoms with Gasteiger partial charge in [-0.05, 0) is 24.6 Å². The number of phenolic OH excluding ortho intramolecular Hbond substituents is 1. The summed E-state index contributed by atoms with van der Waals surface area (Å²) in [6.07, 6.45) is 0. The fourth-order valence-corrected chi connectivity index (χ4v) is 1.00. The molecule has 0 spiro atoms. The van der Waals surface area contributed by atoms with E-state index in [1.807, 2.05) is 6.92 Å². The highest BCUT2D eigenvalue weighted by atomic mass is 16.3. The van der Waals surface area contributed by atoms with Crippen molar-refractivity contribution in [1.29, 1.82) is 0 Å². The Morgan fingerprint density at radius 1 is 1.27 bits per heavy atom. The molecule has 0 saturated heterocycles. The summed E-state index contributed by atoms with van der Waals surface area (Å²) in [6, 6.07) is 4.95. The third-order valence-electron chi connectivity index (χ3n) is 1.61. The predicted octanol–water partition coefficient (Wildman–Crippen LogP) is -0.0798. The van der Waals surface area contributed by atoms with Crippen LogP contribution in [0.15, 0.2) is 28.2 Å². The quantitative estimate of drug-likeness (QED) is 0.380. The van der Waals surface area contributed by atoms with Gasteiger partial charge >= 0.3 is 0 Å². The predicted molar refractivity (Wildman–Crippen MR) is 59.9 cm³/mol. The molecule has 7 N–H and O–H groups in total. The molecule has 0 heterocycles. The molecule has 1 aromatic carbocycles. The molecule has 0 amide bonds. The van der Waals surface area contributed by atoms with Crippen LogP contribution in [-0.4, -0.2) is 17.0 Å². The van der Waals surface area contributed by atoms with Gasteiger partial charge in [0.1, 0.15) is 11.4 Å². The molecule has 1 aromatic rings. The van der Waals surface area contributed by atoms with Crippen LogP contribution in [0, 0.1) is 6.92 Å². The molecule has 6 nitrogen and oxygen atoms in total. The number of guanidine groups is 2. The van der Waals surface area contributed by atoms with Crippen molar-refractivity contribution in [2.24, 2.45) is 27.2 Å². The minimum atomic E-state index is -0.177. The number of nitrogens with two attached hydrogens (primary N) is 3. The van der Waals surface area contributed by atoms with Crippen molar-refractivity contribution >= 4 is 17.6 Å². The van der Waals surface area contributed by atoms with Crippen LogP contribution in [0.2, 0.25) is 0 Å². The van der Waals surface area contributed by atoms with Gasteiger partial charge in [0.05, 0.1) is 0 Å². The van der Waals surface area contributed by atoms with E-state index in [-0.39, 0.29) is 17.7 Å². The van der Waals surface area contributed by atoms with E-state index in [1.165, 1.54) is 6.07 Å². The van der Waals surface area contributed by atoms with Crippen molar-refractivity contribution in [3.8, 4) is 5.75 Å². The molecule has 0 atom stereocenters. The van der Waals surface area contributed by atoms with Gasteiger partial charge in [-0.3, -0.25) is 0 Å². The lowest BCUT2D eigenvalue weighted by molar-refractivity contribution is 0.476. The lowest BCUT2D eigenvalue weighted by atomic mass is 10.2. The van der Waals surface area contributed by atoms with Gasteiger partial charge in [-0.25, -0.2) is 4.99 Å². The summed E-state index contributed by atoms with van der Waals surface area (Å²) in [4.78, 5) is 7.39. The van der Waals surface area contributed by atoms with Gasteiger partial charge in [0, 0.05) is 0 Å². The van der Waals surface area contributed by atoms with E-state index < -0.39 is 0 Å². The molecule has 80 valence electrons. The third-order valence-corrected chi connectivity index (χ3v) is 1.61. The zero-order valence-electron chi connectivity index (χ0n) is 8.31. The molecule has 0 aromatic heterocycles. The molecule has 0 saturated carbocycles. The fourth-order valence-electron chi connectivity index (χ4n) is 1.00. The smallest absolute Gasteiger partial charge is 0.223 e. The minimum Gasteiger partial charge on any atom is -0.506 e. The van der Waals surface area contributed by atoms with Gasteiger partial charge in [0.15, 0.2) is 5.96 Å². The SMILES string of the molecule is Cc1ccc(O)c(N=C(N)N=C(N)N)c1. The first-order valence-corrected chi connectivity index (χ1v) is 4.22. The van der Waals surface area contributed by atoms with Crippen LogP contribution in [0.3, 0.4) is 0 Å². The molecule has 0 unspecified atom stereocenters. The number of benzene rings is 1. The average Bonchev–Trinajstić information content (AvgIpc) is 2.10. The maximum Gasteiger partial charge on any atom is 0.223 e. The number of nitrogens with zero attached hydrogens (tertiary/aromatic N) is 2. The van der Waals surface area contributed by atoms with Crippen molar-refractivity contribution in [2.45, 2.75) is 6.92 Å². The molecule has 6 heteroatoms. The number of aryl methyl sites for hydroxylation is 1. The van der Waals surface area contributed by atoms with E-state index in [2.05, 4.69) is 9.98 Å². The zero-order chi connectivity index (χ0) is 11.4. The summed E-state index contributed by atoms with van der Waals surface area (Å²) in [5.74, 6) is -0.256. The van der Waals surface area contributed by atoms with Crippen molar-refractivity contribution in [1.82, 2.24) is 0 Å². The van der Waals surface area contributed by atoms with Gasteiger partial charge in [-0.2, -0.15) is 4.99 Å². The minimum absolute atomic E-state index is 0.0225. The van der Waals surface area contributed by atoms with Gasteiger partial charge in [0.25, 0.3) is 0 Å². The number of hydrogen-bond acceptors (Lipinski definition) is 2. The van der Waals surface area contributed by atoms with Crippen LogP contribution < -0.4 is 17.2 Å². The van der Waals surface area contributed by atoms with Crippen LogP contribution in [0.4, 0.5) is 5.69 Å². The lowest BCUT2D eigenvalue weighted by Crippen LogP contribution is -2.26. The molecule has 0 aliphatic heterocycles. The van der Waals surface area contributed by atoms with E-state index in [0.717, 1.165) is 5.56 Å². The van der Waals surface area contributed by atoms with Gasteiger partial charge in [-0.1, -0.05) is 6.07 Å². The fraction of sp³-hybridized carbons (Fsp3) is 0.111. The van der Waals surface area contributed by atoms with Crippen LogP contribution in [0.25, 0.3) is 0 Å². The van der Waals surface area contributed by atoms with E-state index >= 15 is 0 Å². The molecule has 15 heavy (non-hydrogen) atoms. The summed E-state index contributed by atoms with van der Waals surface area (Å²) < 4.78 is 0. The van der Waals surface area contributed by atoms with Crippen molar-refractivity contribution in [3.63, 3.8) is 0 Å². The molecule has 1 rings (SSSR count). The number of phenols is 1. The normalized spacial score (nSPS) is 11.1. The van der Waals surface area contributed by atoms with Crippen LogP contribution in [0.1, 0.15) is 5.56 Å². The highest BCUT2D eigenvalue weighted by Crippen LogP contribution is 2.26. The number of aromatic hydroxyl groups is 1. The summed E-state index contributed by atoms with van der Waals surface area (Å²) >= 11 is 0. The number of aliphatic imine (C=N–C) groups is 2. The summed E-state index contributed by atoms with van der Waals surface area (Å²) in [5.41, 5.74) is 16.9. The maximum atomic E-state index is 9.44. The van der Waals surface area contributed by atoms with Crippen molar-refractivity contribution in [3.05, 3.63) is 23.8 Å². The van der Waals surface area contributed by atoms with Crippen molar-refractivity contribution in [2.75, 3.05) is 0 Å². The van der Waals surface area contributed by atoms with Gasteiger partial charge in [-0.15, -0.1) is 0 Å². The second kappa shape index (κ2) is 4.32. The lowest BCUT2D eigenvalue weighted by Gasteiger charge is -2.00. The standard InChI is InChI=1S/C9H13N5O/c1-5-2-3-7(15)6(4-5)13-9(12)14-8(10)11/h2-4,15H,1H3,(H6,10,11,12,13,14). The summed E-state index contributed by atoms with van der Waals surface area (Å²) in [7, 11) is 0. The Labute approximate surface area is 87.1 Å². The molecular weight excluding hydrogens is 194 g/mol. The highest BCUT2D eigenvalue weighted by molar-refractivity contribution is 5.93. The van der Waals surface area contributed by atoms with Crippen LogP contribution >= 0.6 is 0 Å². The Kier molecular flexibility index (Phi) is 3.12. The maximum absolute atomic E-state index is 9.44. The monoisotopic (exact) mass is 207 g/mol. The summed E-state index contributed by atoms with van der Waals surface area (Å²) in [5, 5.41) is 9.44. The second-order valence-electron chi connectivity index (χ2n) is 3.00. The van der Waals surface area contributed by atoms with Crippen molar-refractivity contribution < 1.29 is 5.11 Å². The molecule has 0 aliphatic carbocycles. The molecule has 0 fully saturated rings. The number of hydrogen-bond donors (Lipinski definition) is 4. The Morgan fingerprint density at radius 2 is 1.93 bits per heavy atom. The Balaban J connectivity index is 3.07. The van der Waals surface area contributed by atoms with E-state index in [1.54, 1.807) is 12.1 Å². The molecule has 0 radical (unpaired) electrons. The van der Waals surface area contributed by atoms with E-state index in [0.29, 0.717) is 5.69 Å². The Hall–Kier alpha value is -2.24. The average molecular weight is 207 g/mol. The zero-order valence-corrected chi connectivity index (χ0v) is 8.31. The third kappa shape index (κ3) is 3.18. The first kappa shape index (κ1) is 10.8. The van der Waals surface area contributed by atoms with Gasteiger partial charge < -0.3 is 22.3 Å². The van der Waals surface area contributed by atoms with Gasteiger partial charge in [0.2, 0.25) is 5.96 Å². The highest BCUT2D eigenvalue weighted by Gasteiger charge is 2.00. The topological polar surface area (TPSA) is 123 Å². The van der Waals surface area contributed by atoms with E-state index in [9.17, 15) is 5.11 Å². The number of rotatable bonds is 1. The second-order valence-corrected chi connectivity index (χ2v) is 3.00. The van der Waals surface area contributed by atoms with Crippen LogP contribution in [-0.2, 0) is 0 Å². The summed E-state index contributed by atoms with van der Waals surface area (Å²) in [6.45, 7) is 1.87.